The summed E-state index contributed by atoms with van der Waals surface area (Å²) in [5, 5.41) is 5.93. The van der Waals surface area contributed by atoms with Crippen LogP contribution in [-0.4, -0.2) is 38.1 Å². The summed E-state index contributed by atoms with van der Waals surface area (Å²) in [4.78, 5) is 23.2. The third-order valence-electron chi connectivity index (χ3n) is 4.80. The van der Waals surface area contributed by atoms with E-state index in [9.17, 15) is 18.0 Å². The van der Waals surface area contributed by atoms with E-state index in [0.717, 1.165) is 17.4 Å². The Labute approximate surface area is 258 Å². The van der Waals surface area contributed by atoms with Crippen molar-refractivity contribution >= 4 is 68.9 Å². The van der Waals surface area contributed by atoms with E-state index in [0.29, 0.717) is 28.4 Å². The summed E-state index contributed by atoms with van der Waals surface area (Å²) < 4.78 is 35.4. The summed E-state index contributed by atoms with van der Waals surface area (Å²) in [6.07, 6.45) is 3.12. The molecule has 2 aromatic carbocycles. The number of carbonyl (C=O) groups excluding carboxylic acids is 2. The molecule has 5 N–H and O–H groups in total. The second kappa shape index (κ2) is 15.2. The van der Waals surface area contributed by atoms with Gasteiger partial charge in [-0.25, -0.2) is 18.0 Å². The molecule has 0 atom stereocenters. The molecule has 2 rings (SSSR count). The van der Waals surface area contributed by atoms with Gasteiger partial charge in [0.2, 0.25) is 10.0 Å². The van der Waals surface area contributed by atoms with Crippen LogP contribution >= 0.6 is 23.2 Å². The molecule has 0 aromatic heterocycles. The quantitative estimate of drug-likeness (QED) is 0.227. The lowest BCUT2D eigenvalue weighted by Crippen LogP contribution is -2.32. The minimum Gasteiger partial charge on any atom is -0.444 e. The van der Waals surface area contributed by atoms with E-state index < -0.39 is 33.4 Å². The average Bonchev–Trinajstić information content (AvgIpc) is 2.82. The second-order valence-electron chi connectivity index (χ2n) is 11.1. The fourth-order valence-electron chi connectivity index (χ4n) is 3.19. The summed E-state index contributed by atoms with van der Waals surface area (Å²) in [6.45, 7) is 18.5. The number of rotatable bonds is 8. The molecule has 0 saturated carbocycles. The molecule has 0 aliphatic rings. The van der Waals surface area contributed by atoms with E-state index in [2.05, 4.69) is 28.5 Å². The molecule has 0 saturated heterocycles. The third kappa shape index (κ3) is 14.0. The summed E-state index contributed by atoms with van der Waals surface area (Å²) in [6, 6.07) is 6.79. The largest absolute Gasteiger partial charge is 0.444 e. The van der Waals surface area contributed by atoms with Crippen molar-refractivity contribution in [1.29, 1.82) is 0 Å². The molecule has 42 heavy (non-hydrogen) atoms. The first-order valence-corrected chi connectivity index (χ1v) is 15.4. The summed E-state index contributed by atoms with van der Waals surface area (Å²) >= 11 is 12.1. The van der Waals surface area contributed by atoms with E-state index in [1.165, 1.54) is 6.08 Å². The average molecular weight is 644 g/mol. The Kier molecular flexibility index (Phi) is 13.2. The zero-order chi connectivity index (χ0) is 32.5. The van der Waals surface area contributed by atoms with Gasteiger partial charge in [-0.3, -0.25) is 4.72 Å². The minimum atomic E-state index is -3.46. The summed E-state index contributed by atoms with van der Waals surface area (Å²) in [7, 11) is -3.46. The van der Waals surface area contributed by atoms with Gasteiger partial charge in [0.15, 0.2) is 0 Å². The molecule has 2 aromatic rings. The highest BCUT2D eigenvalue weighted by Gasteiger charge is 2.17. The molecule has 0 heterocycles. The first-order valence-electron chi connectivity index (χ1n) is 12.7. The maximum Gasteiger partial charge on any atom is 0.407 e. The van der Waals surface area contributed by atoms with Crippen molar-refractivity contribution in [1.82, 2.24) is 10.6 Å². The van der Waals surface area contributed by atoms with Gasteiger partial charge in [-0.1, -0.05) is 48.5 Å². The van der Waals surface area contributed by atoms with Gasteiger partial charge < -0.3 is 25.8 Å². The Morgan fingerprint density at radius 1 is 0.833 bits per heavy atom. The van der Waals surface area contributed by atoms with Crippen molar-refractivity contribution in [3.8, 4) is 0 Å². The van der Waals surface area contributed by atoms with Gasteiger partial charge in [-0.15, -0.1) is 0 Å². The third-order valence-corrected chi connectivity index (χ3v) is 5.99. The Balaban J connectivity index is 0.000000428. The fraction of sp³-hybridized carbons (Fsp3) is 0.379. The van der Waals surface area contributed by atoms with Gasteiger partial charge in [0, 0.05) is 13.1 Å². The molecule has 13 heteroatoms. The highest BCUT2D eigenvalue weighted by Crippen LogP contribution is 2.30. The van der Waals surface area contributed by atoms with Gasteiger partial charge in [0.25, 0.3) is 0 Å². The number of amides is 2. The molecular weight excluding hydrogens is 603 g/mol. The van der Waals surface area contributed by atoms with Crippen LogP contribution < -0.4 is 21.1 Å². The molecule has 0 aliphatic carbocycles. The number of carbonyl (C=O) groups is 2. The van der Waals surface area contributed by atoms with Crippen LogP contribution in [0.25, 0.3) is 12.2 Å². The SMILES string of the molecule is C=Cc1cc(CNC(=O)OC(C)(C)C)cc(Cl)c1N.C=Cc1cc(CNC(=O)OC(C)(C)C)cc(Cl)c1NS(C)(=O)=O. The maximum absolute atomic E-state index is 11.6. The summed E-state index contributed by atoms with van der Waals surface area (Å²) in [5.41, 5.74) is 8.20. The highest BCUT2D eigenvalue weighted by molar-refractivity contribution is 7.92. The number of nitrogens with one attached hydrogen (secondary N) is 3. The van der Waals surface area contributed by atoms with Crippen molar-refractivity contribution in [3.63, 3.8) is 0 Å². The van der Waals surface area contributed by atoms with Crippen LogP contribution in [0.15, 0.2) is 37.4 Å². The zero-order valence-electron chi connectivity index (χ0n) is 25.0. The Morgan fingerprint density at radius 2 is 1.24 bits per heavy atom. The number of nitrogen functional groups attached to an aromatic ring is 1. The van der Waals surface area contributed by atoms with Gasteiger partial charge >= 0.3 is 12.2 Å². The van der Waals surface area contributed by atoms with Gasteiger partial charge in [0.1, 0.15) is 11.2 Å². The fourth-order valence-corrected chi connectivity index (χ4v) is 4.39. The first kappa shape index (κ1) is 36.6. The number of sulfonamides is 1. The number of halogens is 2. The number of alkyl carbamates (subject to hydrolysis) is 2. The number of anilines is 2. The van der Waals surface area contributed by atoms with Crippen LogP contribution in [0.2, 0.25) is 10.0 Å². The number of ether oxygens (including phenoxy) is 2. The highest BCUT2D eigenvalue weighted by atomic mass is 35.5. The molecule has 0 fully saturated rings. The predicted molar refractivity (Wildman–Crippen MR) is 172 cm³/mol. The van der Waals surface area contributed by atoms with Gasteiger partial charge in [-0.05, 0) is 88.1 Å². The molecule has 232 valence electrons. The number of hydrogen-bond donors (Lipinski definition) is 4. The molecule has 10 nitrogen and oxygen atoms in total. The van der Waals surface area contributed by atoms with Crippen LogP contribution in [0.5, 0.6) is 0 Å². The van der Waals surface area contributed by atoms with E-state index in [1.54, 1.807) is 45.0 Å². The minimum absolute atomic E-state index is 0.189. The Bertz CT molecular complexity index is 1410. The van der Waals surface area contributed by atoms with E-state index >= 15 is 0 Å². The first-order chi connectivity index (χ1) is 19.1. The molecule has 0 spiro atoms. The van der Waals surface area contributed by atoms with Crippen molar-refractivity contribution in [3.05, 3.63) is 69.7 Å². The van der Waals surface area contributed by atoms with E-state index in [4.69, 9.17) is 38.4 Å². The van der Waals surface area contributed by atoms with Gasteiger partial charge in [-0.2, -0.15) is 0 Å². The van der Waals surface area contributed by atoms with Crippen molar-refractivity contribution in [2.24, 2.45) is 0 Å². The van der Waals surface area contributed by atoms with Crippen LogP contribution in [0.3, 0.4) is 0 Å². The van der Waals surface area contributed by atoms with Crippen molar-refractivity contribution < 1.29 is 27.5 Å². The molecule has 0 aliphatic heterocycles. The maximum atomic E-state index is 11.6. The van der Waals surface area contributed by atoms with Gasteiger partial charge in [0.05, 0.1) is 27.7 Å². The zero-order valence-corrected chi connectivity index (χ0v) is 27.3. The number of hydrogen-bond acceptors (Lipinski definition) is 7. The monoisotopic (exact) mass is 642 g/mol. The standard InChI is InChI=1S/C15H21ClN2O4S.C14H19ClN2O2/c1-6-11-7-10(9-17-14(19)22-15(2,3)4)8-12(16)13(11)18-23(5,20)21;1-5-10-6-9(7-11(15)12(10)16)8-17-13(18)19-14(2,3)4/h6-8,18H,1,9H2,2-5H3,(H,17,19);5-7H,1,8,16H2,2-4H3,(H,17,18). The lowest BCUT2D eigenvalue weighted by atomic mass is 10.1. The lowest BCUT2D eigenvalue weighted by molar-refractivity contribution is 0.0512. The van der Waals surface area contributed by atoms with E-state index in [1.807, 2.05) is 26.8 Å². The van der Waals surface area contributed by atoms with Crippen LogP contribution in [0, 0.1) is 0 Å². The van der Waals surface area contributed by atoms with Crippen molar-refractivity contribution in [2.75, 3.05) is 16.7 Å². The smallest absolute Gasteiger partial charge is 0.407 e. The van der Waals surface area contributed by atoms with Crippen LogP contribution in [0.4, 0.5) is 21.0 Å². The molecule has 0 unspecified atom stereocenters. The number of benzene rings is 2. The lowest BCUT2D eigenvalue weighted by Gasteiger charge is -2.20. The molecule has 0 radical (unpaired) electrons. The molecule has 2 amide bonds. The molecular formula is C29H40Cl2N4O6S. The Morgan fingerprint density at radius 3 is 1.62 bits per heavy atom. The van der Waals surface area contributed by atoms with Crippen LogP contribution in [-0.2, 0) is 32.6 Å². The van der Waals surface area contributed by atoms with Crippen LogP contribution in [0.1, 0.15) is 63.8 Å². The summed E-state index contributed by atoms with van der Waals surface area (Å²) in [5.74, 6) is 0. The van der Waals surface area contributed by atoms with Crippen molar-refractivity contribution in [2.45, 2.75) is 65.8 Å². The molecule has 0 bridgehead atoms. The normalized spacial score (nSPS) is 11.4. The number of nitrogens with two attached hydrogens (primary N) is 1. The topological polar surface area (TPSA) is 149 Å². The second-order valence-corrected chi connectivity index (χ2v) is 13.7. The van der Waals surface area contributed by atoms with E-state index in [-0.39, 0.29) is 17.3 Å². The Hall–Kier alpha value is -3.41. The predicted octanol–water partition coefficient (Wildman–Crippen LogP) is 6.97.